The highest BCUT2D eigenvalue weighted by Crippen LogP contribution is 2.32. The number of benzene rings is 2. The minimum atomic E-state index is 0.938. The van der Waals surface area contributed by atoms with E-state index in [4.69, 9.17) is 4.99 Å². The van der Waals surface area contributed by atoms with E-state index in [1.165, 1.54) is 18.2 Å². The minimum Gasteiger partial charge on any atom is -0.216 e. The number of hydrogen-bond acceptors (Lipinski definition) is 3. The summed E-state index contributed by atoms with van der Waals surface area (Å²) in [4.78, 5) is 9.54. The zero-order valence-electron chi connectivity index (χ0n) is 10.7. The highest BCUT2D eigenvalue weighted by molar-refractivity contribution is 5.73. The maximum absolute atomic E-state index is 4.92. The molecule has 0 aromatic heterocycles. The molecule has 0 spiro atoms. The second-order valence-electron chi connectivity index (χ2n) is 4.44. The van der Waals surface area contributed by atoms with Crippen molar-refractivity contribution in [3.05, 3.63) is 77.5 Å². The Morgan fingerprint density at radius 2 is 1.74 bits per heavy atom. The normalized spacial score (nSPS) is 13.3. The molecule has 0 unspecified atom stereocenters. The summed E-state index contributed by atoms with van der Waals surface area (Å²) in [5.74, 6) is 0. The van der Waals surface area contributed by atoms with Crippen molar-refractivity contribution in [2.45, 2.75) is 6.42 Å². The van der Waals surface area contributed by atoms with Crippen LogP contribution in [0.15, 0.2) is 60.8 Å². The van der Waals surface area contributed by atoms with Crippen LogP contribution in [0.25, 0.3) is 5.70 Å². The van der Waals surface area contributed by atoms with E-state index >= 15 is 0 Å². The van der Waals surface area contributed by atoms with Crippen LogP contribution in [0.3, 0.4) is 0 Å². The van der Waals surface area contributed by atoms with Gasteiger partial charge in [-0.05, 0) is 23.6 Å². The van der Waals surface area contributed by atoms with Crippen LogP contribution in [0.4, 0.5) is 0 Å². The first-order chi connectivity index (χ1) is 9.36. The van der Waals surface area contributed by atoms with Crippen molar-refractivity contribution in [1.82, 2.24) is 5.06 Å². The molecule has 1 heterocycles. The predicted octanol–water partition coefficient (Wildman–Crippen LogP) is 3.38. The van der Waals surface area contributed by atoms with Crippen LogP contribution in [0, 0.1) is 0 Å². The summed E-state index contributed by atoms with van der Waals surface area (Å²) >= 11 is 0. The topological polar surface area (TPSA) is 21.5 Å². The standard InChI is InChI=1S/C16H15NO2/c1-18-19-17-12-16(17)15-9-5-8-14(11-15)10-13-6-3-2-4-7-13/h2-9,11-12H,10H2,1H3. The van der Waals surface area contributed by atoms with Gasteiger partial charge in [-0.1, -0.05) is 48.5 Å². The summed E-state index contributed by atoms with van der Waals surface area (Å²) in [5, 5.41) is 1.61. The molecule has 2 aromatic carbocycles. The summed E-state index contributed by atoms with van der Waals surface area (Å²) in [6.45, 7) is 0. The molecule has 0 saturated heterocycles. The van der Waals surface area contributed by atoms with Gasteiger partial charge in [0, 0.05) is 5.56 Å². The van der Waals surface area contributed by atoms with Crippen molar-refractivity contribution in [2.24, 2.45) is 0 Å². The molecule has 0 fully saturated rings. The van der Waals surface area contributed by atoms with E-state index in [9.17, 15) is 0 Å². The zero-order chi connectivity index (χ0) is 13.1. The first-order valence-corrected chi connectivity index (χ1v) is 6.22. The van der Waals surface area contributed by atoms with Crippen molar-refractivity contribution in [3.63, 3.8) is 0 Å². The molecule has 0 saturated carbocycles. The molecule has 1 aliphatic heterocycles. The Morgan fingerprint density at radius 1 is 0.947 bits per heavy atom. The Hall–Kier alpha value is -2.10. The highest BCUT2D eigenvalue weighted by atomic mass is 17.3. The first kappa shape index (κ1) is 12.0. The van der Waals surface area contributed by atoms with E-state index in [0.717, 1.165) is 17.7 Å². The average molecular weight is 253 g/mol. The molecule has 3 heteroatoms. The molecule has 0 aliphatic carbocycles. The minimum absolute atomic E-state index is 0.938. The van der Waals surface area contributed by atoms with E-state index < -0.39 is 0 Å². The van der Waals surface area contributed by atoms with Gasteiger partial charge in [-0.2, -0.15) is 5.06 Å². The lowest BCUT2D eigenvalue weighted by atomic mass is 10.0. The summed E-state index contributed by atoms with van der Waals surface area (Å²) in [6.07, 6.45) is 2.83. The molecule has 1 aliphatic rings. The number of rotatable bonds is 5. The van der Waals surface area contributed by atoms with Gasteiger partial charge in [-0.15, -0.1) is 4.99 Å². The summed E-state index contributed by atoms with van der Waals surface area (Å²) in [5.41, 5.74) is 4.78. The van der Waals surface area contributed by atoms with Gasteiger partial charge in [0.1, 0.15) is 0 Å². The third-order valence-corrected chi connectivity index (χ3v) is 3.04. The molecular formula is C16H15NO2. The van der Waals surface area contributed by atoms with Crippen molar-refractivity contribution >= 4 is 5.70 Å². The van der Waals surface area contributed by atoms with Crippen LogP contribution in [0.2, 0.25) is 0 Å². The number of nitrogens with zero attached hydrogens (tertiary/aromatic N) is 1. The van der Waals surface area contributed by atoms with E-state index in [1.807, 2.05) is 12.3 Å². The Morgan fingerprint density at radius 3 is 2.53 bits per heavy atom. The Labute approximate surface area is 112 Å². The fraction of sp³-hybridized carbons (Fsp3) is 0.125. The van der Waals surface area contributed by atoms with E-state index in [2.05, 4.69) is 53.4 Å². The van der Waals surface area contributed by atoms with E-state index in [0.29, 0.717) is 0 Å². The van der Waals surface area contributed by atoms with Gasteiger partial charge in [0.25, 0.3) is 0 Å². The van der Waals surface area contributed by atoms with Gasteiger partial charge < -0.3 is 0 Å². The SMILES string of the molecule is COON1C=C1c1cccc(Cc2ccccc2)c1. The Kier molecular flexibility index (Phi) is 3.31. The maximum Gasteiger partial charge on any atom is 0.0980 e. The van der Waals surface area contributed by atoms with Crippen LogP contribution in [0.1, 0.15) is 16.7 Å². The van der Waals surface area contributed by atoms with Gasteiger partial charge in [0.05, 0.1) is 19.0 Å². The van der Waals surface area contributed by atoms with Gasteiger partial charge in [0.2, 0.25) is 0 Å². The van der Waals surface area contributed by atoms with Gasteiger partial charge >= 0.3 is 0 Å². The van der Waals surface area contributed by atoms with E-state index in [-0.39, 0.29) is 0 Å². The summed E-state index contributed by atoms with van der Waals surface area (Å²) in [7, 11) is 1.50. The summed E-state index contributed by atoms with van der Waals surface area (Å²) < 4.78 is 0. The Balaban J connectivity index is 1.73. The largest absolute Gasteiger partial charge is 0.216 e. The number of hydrogen-bond donors (Lipinski definition) is 0. The fourth-order valence-electron chi connectivity index (χ4n) is 2.10. The van der Waals surface area contributed by atoms with E-state index in [1.54, 1.807) is 5.06 Å². The molecule has 19 heavy (non-hydrogen) atoms. The first-order valence-electron chi connectivity index (χ1n) is 6.22. The van der Waals surface area contributed by atoms with Gasteiger partial charge in [0.15, 0.2) is 0 Å². The molecule has 0 N–H and O–H groups in total. The quantitative estimate of drug-likeness (QED) is 0.602. The molecule has 3 rings (SSSR count). The molecule has 0 bridgehead atoms. The molecule has 2 aromatic rings. The van der Waals surface area contributed by atoms with Crippen molar-refractivity contribution < 1.29 is 9.88 Å². The van der Waals surface area contributed by atoms with Crippen LogP contribution in [0.5, 0.6) is 0 Å². The average Bonchev–Trinajstić information content (AvgIpc) is 3.20. The van der Waals surface area contributed by atoms with Crippen LogP contribution < -0.4 is 0 Å². The Bertz CT molecular complexity index is 593. The molecule has 96 valence electrons. The third-order valence-electron chi connectivity index (χ3n) is 3.04. The molecule has 0 radical (unpaired) electrons. The van der Waals surface area contributed by atoms with Crippen LogP contribution in [-0.2, 0) is 16.3 Å². The highest BCUT2D eigenvalue weighted by Gasteiger charge is 2.24. The molecule has 3 nitrogen and oxygen atoms in total. The molecular weight excluding hydrogens is 238 g/mol. The van der Waals surface area contributed by atoms with Crippen LogP contribution in [-0.4, -0.2) is 12.2 Å². The predicted molar refractivity (Wildman–Crippen MR) is 73.6 cm³/mol. The zero-order valence-corrected chi connectivity index (χ0v) is 10.7. The monoisotopic (exact) mass is 253 g/mol. The van der Waals surface area contributed by atoms with Gasteiger partial charge in [-0.25, -0.2) is 4.89 Å². The van der Waals surface area contributed by atoms with Crippen molar-refractivity contribution in [3.8, 4) is 0 Å². The lowest BCUT2D eigenvalue weighted by Crippen LogP contribution is -1.99. The third kappa shape index (κ3) is 2.84. The second kappa shape index (κ2) is 5.26. The lowest BCUT2D eigenvalue weighted by molar-refractivity contribution is -0.362. The van der Waals surface area contributed by atoms with Crippen molar-refractivity contribution in [2.75, 3.05) is 7.11 Å². The molecule has 0 atom stereocenters. The van der Waals surface area contributed by atoms with Crippen LogP contribution >= 0.6 is 0 Å². The second-order valence-corrected chi connectivity index (χ2v) is 4.44. The number of hydroxylamine groups is 2. The molecule has 0 amide bonds. The smallest absolute Gasteiger partial charge is 0.0980 e. The lowest BCUT2D eigenvalue weighted by Gasteiger charge is -2.05. The maximum atomic E-state index is 4.92. The van der Waals surface area contributed by atoms with Crippen molar-refractivity contribution in [1.29, 1.82) is 0 Å². The fourth-order valence-corrected chi connectivity index (χ4v) is 2.10. The summed E-state index contributed by atoms with van der Waals surface area (Å²) in [6, 6.07) is 18.9. The van der Waals surface area contributed by atoms with Gasteiger partial charge in [-0.3, -0.25) is 0 Å².